The lowest BCUT2D eigenvalue weighted by Crippen LogP contribution is -2.68. The molecule has 2 saturated heterocycles. The molecule has 2 aliphatic heterocycles. The molecule has 2 N–H and O–H groups in total. The molecule has 1 spiro atoms. The summed E-state index contributed by atoms with van der Waals surface area (Å²) in [5, 5.41) is 7.14. The molecule has 0 bridgehead atoms. The predicted octanol–water partition coefficient (Wildman–Crippen LogP) is 6.75. The van der Waals surface area contributed by atoms with E-state index >= 15 is 0 Å². The van der Waals surface area contributed by atoms with Gasteiger partial charge in [0.25, 0.3) is 0 Å². The van der Waals surface area contributed by atoms with E-state index in [0.29, 0.717) is 22.4 Å². The first kappa shape index (κ1) is 30.5. The van der Waals surface area contributed by atoms with E-state index in [1.54, 1.807) is 18.2 Å². The summed E-state index contributed by atoms with van der Waals surface area (Å²) in [5.41, 5.74) is 1.22. The Kier molecular flexibility index (Phi) is 8.13. The van der Waals surface area contributed by atoms with Crippen LogP contribution in [0.25, 0.3) is 10.9 Å². The number of likely N-dealkylation sites (tertiary alicyclic amines) is 1. The van der Waals surface area contributed by atoms with Crippen molar-refractivity contribution in [1.29, 1.82) is 0 Å². The fourth-order valence-corrected chi connectivity index (χ4v) is 6.60. The summed E-state index contributed by atoms with van der Waals surface area (Å²) >= 11 is 0. The van der Waals surface area contributed by atoms with Crippen LogP contribution in [0.2, 0.25) is 0 Å². The number of benzene rings is 2. The average molecular weight is 621 g/mol. The van der Waals surface area contributed by atoms with Gasteiger partial charge in [-0.1, -0.05) is 12.0 Å². The maximum atomic E-state index is 13.6. The van der Waals surface area contributed by atoms with Crippen LogP contribution in [-0.2, 0) is 17.5 Å². The highest BCUT2D eigenvalue weighted by Gasteiger charge is 2.50. The maximum Gasteiger partial charge on any atom is 0.416 e. The number of nitrogens with zero attached hydrogens (tertiary/aromatic N) is 2. The first-order chi connectivity index (χ1) is 20.9. The molecule has 1 aromatic heterocycles. The smallest absolute Gasteiger partial charge is 0.416 e. The van der Waals surface area contributed by atoms with E-state index in [9.17, 15) is 26.3 Å². The highest BCUT2D eigenvalue weighted by molar-refractivity contribution is 5.94. The number of hydrogen-bond acceptors (Lipinski definition) is 5. The Balaban J connectivity index is 1.15. The van der Waals surface area contributed by atoms with Crippen molar-refractivity contribution in [1.82, 2.24) is 9.47 Å². The normalized spacial score (nSPS) is 21.7. The van der Waals surface area contributed by atoms with Crippen LogP contribution in [-0.4, -0.2) is 67.7 Å². The van der Waals surface area contributed by atoms with E-state index < -0.39 is 24.5 Å². The summed E-state index contributed by atoms with van der Waals surface area (Å²) in [5.74, 6) is 5.63. The molecule has 1 saturated carbocycles. The van der Waals surface area contributed by atoms with Gasteiger partial charge in [-0.15, -0.1) is 0 Å². The van der Waals surface area contributed by atoms with Crippen LogP contribution in [0, 0.1) is 17.3 Å². The Hall–Kier alpha value is -3.56. The minimum atomic E-state index is -4.52. The fraction of sp³-hybridized carbons (Fsp3) is 0.500. The lowest BCUT2D eigenvalue weighted by atomic mass is 9.75. The highest BCUT2D eigenvalue weighted by atomic mass is 19.4. The second kappa shape index (κ2) is 11.7. The summed E-state index contributed by atoms with van der Waals surface area (Å²) in [6.45, 7) is 2.74. The first-order valence-corrected chi connectivity index (χ1v) is 14.7. The molecule has 1 aliphatic carbocycles. The summed E-state index contributed by atoms with van der Waals surface area (Å²) < 4.78 is 91.6. The van der Waals surface area contributed by atoms with Crippen LogP contribution in [0.1, 0.15) is 36.9 Å². The number of fused-ring (bicyclic) bond motifs is 1. The molecule has 3 heterocycles. The van der Waals surface area contributed by atoms with Crippen LogP contribution in [0.3, 0.4) is 0 Å². The Morgan fingerprint density at radius 1 is 0.977 bits per heavy atom. The second-order valence-corrected chi connectivity index (χ2v) is 12.1. The van der Waals surface area contributed by atoms with Crippen LogP contribution in [0.15, 0.2) is 42.5 Å². The van der Waals surface area contributed by atoms with Gasteiger partial charge in [0, 0.05) is 41.7 Å². The molecule has 3 fully saturated rings. The Bertz CT molecular complexity index is 1550. The number of aromatic nitrogens is 1. The van der Waals surface area contributed by atoms with Crippen LogP contribution in [0.4, 0.5) is 37.7 Å². The van der Waals surface area contributed by atoms with E-state index in [4.69, 9.17) is 9.47 Å². The minimum Gasteiger partial charge on any atom is -0.495 e. The number of hydrogen-bond donors (Lipinski definition) is 2. The van der Waals surface area contributed by atoms with Gasteiger partial charge < -0.3 is 24.7 Å². The number of anilines is 2. The molecule has 12 heteroatoms. The van der Waals surface area contributed by atoms with Gasteiger partial charge in [0.2, 0.25) is 0 Å². The predicted molar refractivity (Wildman–Crippen MR) is 156 cm³/mol. The standard InChI is InChI=1S/C32H34F6N4O2/c1-43-29-14-21(32(36,37)38)7-12-27(29)39-13-3-4-24-15-25-26(5-2-6-28(25)42(24)18-31(33,34)35)40-22-8-10-23(11-9-22)41-16-30(17-41)19-44-20-30/h2,5-7,12,14-15,22-23,39-40H,8-11,13,16-20H2,1H3/t22-,23+. The van der Waals surface area contributed by atoms with E-state index in [1.165, 1.54) is 13.2 Å². The van der Waals surface area contributed by atoms with Crippen molar-refractivity contribution in [3.63, 3.8) is 0 Å². The molecule has 0 amide bonds. The van der Waals surface area contributed by atoms with Crippen molar-refractivity contribution >= 4 is 22.3 Å². The molecular weight excluding hydrogens is 586 g/mol. The number of halogens is 6. The largest absolute Gasteiger partial charge is 0.495 e. The molecule has 0 radical (unpaired) electrons. The zero-order valence-electron chi connectivity index (χ0n) is 24.2. The Morgan fingerprint density at radius 2 is 1.73 bits per heavy atom. The van der Waals surface area contributed by atoms with E-state index in [0.717, 1.165) is 74.4 Å². The SMILES string of the molecule is COc1cc(C(F)(F)F)ccc1NCC#Cc1cc2c(N[C@H]3CC[C@@H](N4CC5(COC5)C4)CC3)cccc2n1CC(F)(F)F. The third kappa shape index (κ3) is 6.44. The third-order valence-electron chi connectivity index (χ3n) is 8.86. The van der Waals surface area contributed by atoms with Gasteiger partial charge in [-0.2, -0.15) is 26.3 Å². The van der Waals surface area contributed by atoms with Crippen molar-refractivity contribution in [3.8, 4) is 17.6 Å². The molecular formula is C32H34F6N4O2. The van der Waals surface area contributed by atoms with Crippen molar-refractivity contribution in [2.75, 3.05) is 50.6 Å². The number of methoxy groups -OCH3 is 1. The molecule has 6 nitrogen and oxygen atoms in total. The highest BCUT2D eigenvalue weighted by Crippen LogP contribution is 2.41. The van der Waals surface area contributed by atoms with Crippen LogP contribution >= 0.6 is 0 Å². The van der Waals surface area contributed by atoms with Crippen molar-refractivity contribution in [2.45, 2.75) is 56.7 Å². The van der Waals surface area contributed by atoms with E-state index in [2.05, 4.69) is 27.4 Å². The van der Waals surface area contributed by atoms with E-state index in [1.807, 2.05) is 6.07 Å². The second-order valence-electron chi connectivity index (χ2n) is 12.1. The summed E-state index contributed by atoms with van der Waals surface area (Å²) in [6, 6.07) is 10.8. The quantitative estimate of drug-likeness (QED) is 0.226. The molecule has 3 aromatic rings. The molecule has 6 rings (SSSR count). The van der Waals surface area contributed by atoms with Gasteiger partial charge in [0.15, 0.2) is 0 Å². The van der Waals surface area contributed by atoms with E-state index in [-0.39, 0.29) is 29.7 Å². The zero-order valence-corrected chi connectivity index (χ0v) is 24.2. The third-order valence-corrected chi connectivity index (χ3v) is 8.86. The summed E-state index contributed by atoms with van der Waals surface area (Å²) in [4.78, 5) is 2.56. The van der Waals surface area contributed by atoms with Gasteiger partial charge in [-0.05, 0) is 68.0 Å². The Morgan fingerprint density at radius 3 is 2.36 bits per heavy atom. The van der Waals surface area contributed by atoms with Gasteiger partial charge in [-0.25, -0.2) is 0 Å². The van der Waals surface area contributed by atoms with Crippen LogP contribution in [0.5, 0.6) is 5.75 Å². The monoisotopic (exact) mass is 620 g/mol. The lowest BCUT2D eigenvalue weighted by Gasteiger charge is -2.58. The molecule has 0 atom stereocenters. The van der Waals surface area contributed by atoms with Gasteiger partial charge in [0.05, 0.1) is 49.3 Å². The van der Waals surface area contributed by atoms with Gasteiger partial charge in [-0.3, -0.25) is 4.90 Å². The summed E-state index contributed by atoms with van der Waals surface area (Å²) in [7, 11) is 1.26. The average Bonchev–Trinajstić information content (AvgIpc) is 3.26. The number of nitrogens with one attached hydrogen (secondary N) is 2. The molecule has 3 aliphatic rings. The first-order valence-electron chi connectivity index (χ1n) is 14.7. The van der Waals surface area contributed by atoms with Crippen molar-refractivity contribution < 1.29 is 35.8 Å². The van der Waals surface area contributed by atoms with Crippen LogP contribution < -0.4 is 15.4 Å². The Labute approximate surface area is 251 Å². The number of rotatable bonds is 7. The molecule has 236 valence electrons. The minimum absolute atomic E-state index is 0.0145. The number of alkyl halides is 6. The molecule has 0 unspecified atom stereocenters. The molecule has 44 heavy (non-hydrogen) atoms. The lowest BCUT2D eigenvalue weighted by molar-refractivity contribution is -0.200. The summed E-state index contributed by atoms with van der Waals surface area (Å²) in [6.07, 6.45) is -4.86. The van der Waals surface area contributed by atoms with Gasteiger partial charge in [0.1, 0.15) is 12.3 Å². The zero-order chi connectivity index (χ0) is 31.1. The fourth-order valence-electron chi connectivity index (χ4n) is 6.60. The maximum absolute atomic E-state index is 13.6. The molecule has 2 aromatic carbocycles. The van der Waals surface area contributed by atoms with Crippen molar-refractivity contribution in [2.24, 2.45) is 5.41 Å². The van der Waals surface area contributed by atoms with Gasteiger partial charge >= 0.3 is 12.4 Å². The topological polar surface area (TPSA) is 50.7 Å². The van der Waals surface area contributed by atoms with Crippen molar-refractivity contribution in [3.05, 3.63) is 53.7 Å². The number of ether oxygens (including phenoxy) is 2.